The van der Waals surface area contributed by atoms with Crippen LogP contribution in [0.3, 0.4) is 0 Å². The second-order valence-electron chi connectivity index (χ2n) is 5.83. The average molecular weight is 326 g/mol. The summed E-state index contributed by atoms with van der Waals surface area (Å²) in [6.07, 6.45) is 0.765. The summed E-state index contributed by atoms with van der Waals surface area (Å²) in [6, 6.07) is 11.1. The third-order valence-electron chi connectivity index (χ3n) is 3.29. The Morgan fingerprint density at radius 1 is 1.21 bits per heavy atom. The summed E-state index contributed by atoms with van der Waals surface area (Å²) in [5, 5.41) is 14.5. The lowest BCUT2D eigenvalue weighted by Crippen LogP contribution is -2.22. The number of carbonyl (C=O) groups is 1. The number of nitrogens with zero attached hydrogens (tertiary/aromatic N) is 3. The zero-order valence-corrected chi connectivity index (χ0v) is 13.5. The van der Waals surface area contributed by atoms with Crippen LogP contribution in [0, 0.1) is 5.92 Å². The van der Waals surface area contributed by atoms with Gasteiger partial charge in [-0.1, -0.05) is 37.2 Å². The van der Waals surface area contributed by atoms with E-state index in [0.29, 0.717) is 17.7 Å². The molecule has 0 aliphatic heterocycles. The first-order chi connectivity index (χ1) is 11.6. The molecular formula is C17H18N4O3. The third kappa shape index (κ3) is 3.87. The van der Waals surface area contributed by atoms with E-state index in [1.165, 1.54) is 0 Å². The first-order valence-electron chi connectivity index (χ1n) is 7.73. The number of amides is 1. The second-order valence-corrected chi connectivity index (χ2v) is 5.83. The van der Waals surface area contributed by atoms with Crippen molar-refractivity contribution in [2.75, 3.05) is 0 Å². The SMILES string of the molecule is CC(C)Cc1cc(C(=O)NCc2nnc(-c3ccccc3)o2)on1. The number of aromatic nitrogens is 3. The van der Waals surface area contributed by atoms with Gasteiger partial charge in [0.05, 0.1) is 12.2 Å². The molecule has 0 aliphatic carbocycles. The van der Waals surface area contributed by atoms with Crippen LogP contribution in [0.4, 0.5) is 0 Å². The Labute approximate surface area is 139 Å². The van der Waals surface area contributed by atoms with Crippen LogP contribution in [0.15, 0.2) is 45.3 Å². The molecule has 0 unspecified atom stereocenters. The molecule has 0 atom stereocenters. The predicted molar refractivity (Wildman–Crippen MR) is 85.9 cm³/mol. The first-order valence-corrected chi connectivity index (χ1v) is 7.73. The van der Waals surface area contributed by atoms with E-state index >= 15 is 0 Å². The molecule has 2 heterocycles. The van der Waals surface area contributed by atoms with Gasteiger partial charge >= 0.3 is 0 Å². The Hall–Kier alpha value is -2.96. The van der Waals surface area contributed by atoms with Gasteiger partial charge in [0, 0.05) is 11.6 Å². The summed E-state index contributed by atoms with van der Waals surface area (Å²) in [7, 11) is 0. The molecule has 124 valence electrons. The maximum Gasteiger partial charge on any atom is 0.290 e. The van der Waals surface area contributed by atoms with Crippen molar-refractivity contribution in [3.63, 3.8) is 0 Å². The molecule has 1 N–H and O–H groups in total. The quantitative estimate of drug-likeness (QED) is 0.748. The molecule has 0 radical (unpaired) electrons. The van der Waals surface area contributed by atoms with E-state index < -0.39 is 0 Å². The van der Waals surface area contributed by atoms with Crippen molar-refractivity contribution >= 4 is 5.91 Å². The molecule has 0 saturated carbocycles. The number of hydrogen-bond acceptors (Lipinski definition) is 6. The van der Waals surface area contributed by atoms with Gasteiger partial charge in [-0.3, -0.25) is 4.79 Å². The van der Waals surface area contributed by atoms with Crippen LogP contribution in [0.1, 0.15) is 36.0 Å². The topological polar surface area (TPSA) is 94.1 Å². The average Bonchev–Trinajstić information content (AvgIpc) is 3.22. The van der Waals surface area contributed by atoms with Gasteiger partial charge in [0.25, 0.3) is 5.91 Å². The largest absolute Gasteiger partial charge is 0.419 e. The Kier molecular flexibility index (Phi) is 4.69. The van der Waals surface area contributed by atoms with E-state index in [1.807, 2.05) is 30.3 Å². The van der Waals surface area contributed by atoms with Crippen molar-refractivity contribution in [2.24, 2.45) is 5.92 Å². The molecular weight excluding hydrogens is 308 g/mol. The predicted octanol–water partition coefficient (Wildman–Crippen LogP) is 2.85. The summed E-state index contributed by atoms with van der Waals surface area (Å²) in [5.74, 6) is 0.995. The molecule has 0 saturated heterocycles. The molecule has 3 rings (SSSR count). The fourth-order valence-corrected chi connectivity index (χ4v) is 2.20. The number of carbonyl (C=O) groups excluding carboxylic acids is 1. The summed E-state index contributed by atoms with van der Waals surface area (Å²) < 4.78 is 10.6. The lowest BCUT2D eigenvalue weighted by Gasteiger charge is -1.98. The molecule has 0 bridgehead atoms. The minimum Gasteiger partial charge on any atom is -0.419 e. The third-order valence-corrected chi connectivity index (χ3v) is 3.29. The van der Waals surface area contributed by atoms with Crippen molar-refractivity contribution in [3.8, 4) is 11.5 Å². The molecule has 0 fully saturated rings. The van der Waals surface area contributed by atoms with E-state index in [0.717, 1.165) is 17.7 Å². The molecule has 1 aromatic carbocycles. The fourth-order valence-electron chi connectivity index (χ4n) is 2.20. The summed E-state index contributed by atoms with van der Waals surface area (Å²) in [5.41, 5.74) is 1.59. The van der Waals surface area contributed by atoms with Crippen LogP contribution < -0.4 is 5.32 Å². The van der Waals surface area contributed by atoms with Crippen LogP contribution in [0.5, 0.6) is 0 Å². The maximum absolute atomic E-state index is 12.1. The van der Waals surface area contributed by atoms with E-state index in [9.17, 15) is 4.79 Å². The molecule has 0 aliphatic rings. The molecule has 7 heteroatoms. The Morgan fingerprint density at radius 3 is 2.75 bits per heavy atom. The van der Waals surface area contributed by atoms with Gasteiger partial charge in [0.2, 0.25) is 17.5 Å². The van der Waals surface area contributed by atoms with Gasteiger partial charge in [0.1, 0.15) is 0 Å². The fraction of sp³-hybridized carbons (Fsp3) is 0.294. The van der Waals surface area contributed by atoms with E-state index in [2.05, 4.69) is 34.5 Å². The normalized spacial score (nSPS) is 11.0. The highest BCUT2D eigenvalue weighted by molar-refractivity contribution is 5.91. The van der Waals surface area contributed by atoms with Crippen molar-refractivity contribution in [3.05, 3.63) is 53.7 Å². The number of rotatable bonds is 6. The van der Waals surface area contributed by atoms with Crippen LogP contribution in [-0.2, 0) is 13.0 Å². The van der Waals surface area contributed by atoms with Gasteiger partial charge in [-0.2, -0.15) is 0 Å². The van der Waals surface area contributed by atoms with E-state index in [-0.39, 0.29) is 18.2 Å². The number of nitrogens with one attached hydrogen (secondary N) is 1. The second kappa shape index (κ2) is 7.08. The van der Waals surface area contributed by atoms with Gasteiger partial charge < -0.3 is 14.3 Å². The van der Waals surface area contributed by atoms with Gasteiger partial charge in [-0.25, -0.2) is 0 Å². The molecule has 7 nitrogen and oxygen atoms in total. The Bertz CT molecular complexity index is 808. The van der Waals surface area contributed by atoms with E-state index in [1.54, 1.807) is 6.07 Å². The molecule has 2 aromatic heterocycles. The minimum absolute atomic E-state index is 0.124. The van der Waals surface area contributed by atoms with Gasteiger partial charge in [-0.05, 0) is 24.5 Å². The van der Waals surface area contributed by atoms with E-state index in [4.69, 9.17) is 8.94 Å². The zero-order valence-electron chi connectivity index (χ0n) is 13.5. The molecule has 0 spiro atoms. The lowest BCUT2D eigenvalue weighted by molar-refractivity contribution is 0.0910. The lowest BCUT2D eigenvalue weighted by atomic mass is 10.1. The van der Waals surface area contributed by atoms with Crippen molar-refractivity contribution in [2.45, 2.75) is 26.8 Å². The molecule has 1 amide bonds. The molecule has 3 aromatic rings. The Balaban J connectivity index is 1.59. The Morgan fingerprint density at radius 2 is 2.00 bits per heavy atom. The van der Waals surface area contributed by atoms with Crippen molar-refractivity contribution in [1.29, 1.82) is 0 Å². The smallest absolute Gasteiger partial charge is 0.290 e. The summed E-state index contributed by atoms with van der Waals surface area (Å²) in [6.45, 7) is 4.28. The summed E-state index contributed by atoms with van der Waals surface area (Å²) in [4.78, 5) is 12.1. The minimum atomic E-state index is -0.364. The van der Waals surface area contributed by atoms with Crippen LogP contribution >= 0.6 is 0 Å². The number of benzene rings is 1. The summed E-state index contributed by atoms with van der Waals surface area (Å²) >= 11 is 0. The highest BCUT2D eigenvalue weighted by Gasteiger charge is 2.15. The van der Waals surface area contributed by atoms with Crippen molar-refractivity contribution in [1.82, 2.24) is 20.7 Å². The van der Waals surface area contributed by atoms with Crippen LogP contribution in [0.2, 0.25) is 0 Å². The highest BCUT2D eigenvalue weighted by Crippen LogP contribution is 2.16. The molecule has 24 heavy (non-hydrogen) atoms. The van der Waals surface area contributed by atoms with Gasteiger partial charge in [-0.15, -0.1) is 10.2 Å². The zero-order chi connectivity index (χ0) is 16.9. The first kappa shape index (κ1) is 15.9. The van der Waals surface area contributed by atoms with Gasteiger partial charge in [0.15, 0.2) is 0 Å². The standard InChI is InChI=1S/C17H18N4O3/c1-11(2)8-13-9-14(24-21-13)16(22)18-10-15-19-20-17(23-15)12-6-4-3-5-7-12/h3-7,9,11H,8,10H2,1-2H3,(H,18,22). The van der Waals surface area contributed by atoms with Crippen molar-refractivity contribution < 1.29 is 13.7 Å². The van der Waals surface area contributed by atoms with Crippen LogP contribution in [-0.4, -0.2) is 21.3 Å². The maximum atomic E-state index is 12.1. The monoisotopic (exact) mass is 326 g/mol. The highest BCUT2D eigenvalue weighted by atomic mass is 16.5. The number of hydrogen-bond donors (Lipinski definition) is 1. The van der Waals surface area contributed by atoms with Crippen LogP contribution in [0.25, 0.3) is 11.5 Å².